The summed E-state index contributed by atoms with van der Waals surface area (Å²) >= 11 is 0. The normalized spacial score (nSPS) is 9.85. The van der Waals surface area contributed by atoms with E-state index in [1.165, 1.54) is 12.1 Å². The first-order valence-electron chi connectivity index (χ1n) is 3.71. The molecule has 0 amide bonds. The van der Waals surface area contributed by atoms with Crippen LogP contribution in [0, 0.1) is 17.1 Å². The van der Waals surface area contributed by atoms with Crippen LogP contribution in [0.25, 0.3) is 0 Å². The average Bonchev–Trinajstić information content (AvgIpc) is 2.13. The molecule has 13 heavy (non-hydrogen) atoms. The fourth-order valence-corrected chi connectivity index (χ4v) is 0.858. The van der Waals surface area contributed by atoms with E-state index in [2.05, 4.69) is 10.5 Å². The maximum atomic E-state index is 12.6. The van der Waals surface area contributed by atoms with E-state index in [-0.39, 0.29) is 5.82 Å². The first kappa shape index (κ1) is 9.20. The summed E-state index contributed by atoms with van der Waals surface area (Å²) < 4.78 is 12.6. The third kappa shape index (κ3) is 3.34. The lowest BCUT2D eigenvalue weighted by molar-refractivity contribution is 0.622. The van der Waals surface area contributed by atoms with Crippen LogP contribution in [-0.2, 0) is 6.54 Å². The van der Waals surface area contributed by atoms with E-state index >= 15 is 0 Å². The Hall–Kier alpha value is -1.89. The molecule has 0 aromatic heterocycles. The zero-order valence-corrected chi connectivity index (χ0v) is 6.87. The van der Waals surface area contributed by atoms with Crippen molar-refractivity contribution in [2.45, 2.75) is 6.54 Å². The van der Waals surface area contributed by atoms with Gasteiger partial charge in [0.25, 0.3) is 0 Å². The molecule has 1 rings (SSSR count). The molecule has 0 saturated carbocycles. The molecule has 0 saturated heterocycles. The van der Waals surface area contributed by atoms with E-state index in [1.807, 2.05) is 0 Å². The summed E-state index contributed by atoms with van der Waals surface area (Å²) in [4.78, 5) is 0. The van der Waals surface area contributed by atoms with Crippen LogP contribution in [0.4, 0.5) is 4.39 Å². The van der Waals surface area contributed by atoms with E-state index < -0.39 is 0 Å². The molecule has 66 valence electrons. The van der Waals surface area contributed by atoms with Gasteiger partial charge in [0.15, 0.2) is 0 Å². The first-order chi connectivity index (χ1) is 6.33. The fourth-order valence-electron chi connectivity index (χ4n) is 0.858. The van der Waals surface area contributed by atoms with E-state index in [1.54, 1.807) is 18.2 Å². The summed E-state index contributed by atoms with van der Waals surface area (Å²) in [7, 11) is 0. The smallest absolute Gasteiger partial charge is 0.124 e. The predicted octanol–water partition coefficient (Wildman–Crippen LogP) is 1.42. The molecule has 0 aliphatic rings. The number of nitriles is 1. The number of hydrazone groups is 1. The highest BCUT2D eigenvalue weighted by Gasteiger charge is 1.92. The van der Waals surface area contributed by atoms with E-state index in [4.69, 9.17) is 5.26 Å². The molecule has 1 aromatic rings. The minimum absolute atomic E-state index is 0.274. The van der Waals surface area contributed by atoms with Crippen LogP contribution in [0.2, 0.25) is 0 Å². The van der Waals surface area contributed by atoms with Crippen molar-refractivity contribution in [3.8, 4) is 6.07 Å². The topological polar surface area (TPSA) is 48.2 Å². The van der Waals surface area contributed by atoms with Gasteiger partial charge in [-0.3, -0.25) is 0 Å². The highest BCUT2D eigenvalue weighted by Crippen LogP contribution is 2.02. The number of hydrogen-bond donors (Lipinski definition) is 1. The Labute approximate surface area is 75.5 Å². The van der Waals surface area contributed by atoms with Crippen LogP contribution in [0.1, 0.15) is 5.56 Å². The van der Waals surface area contributed by atoms with Gasteiger partial charge < -0.3 is 5.43 Å². The van der Waals surface area contributed by atoms with Gasteiger partial charge in [-0.2, -0.15) is 10.4 Å². The second-order valence-corrected chi connectivity index (χ2v) is 2.35. The minimum atomic E-state index is -0.274. The third-order valence-corrected chi connectivity index (χ3v) is 1.39. The molecule has 0 spiro atoms. The Kier molecular flexibility index (Phi) is 3.45. The number of nitrogens with zero attached hydrogens (tertiary/aromatic N) is 2. The Morgan fingerprint density at radius 1 is 1.62 bits per heavy atom. The van der Waals surface area contributed by atoms with Gasteiger partial charge in [0.05, 0.1) is 6.54 Å². The maximum absolute atomic E-state index is 12.6. The Bertz CT molecular complexity index is 341. The van der Waals surface area contributed by atoms with Crippen molar-refractivity contribution in [1.29, 1.82) is 5.26 Å². The van der Waals surface area contributed by atoms with Crippen molar-refractivity contribution < 1.29 is 4.39 Å². The van der Waals surface area contributed by atoms with Crippen molar-refractivity contribution in [1.82, 2.24) is 5.43 Å². The molecule has 0 aliphatic carbocycles. The summed E-state index contributed by atoms with van der Waals surface area (Å²) in [5.74, 6) is -0.274. The molecule has 1 aromatic carbocycles. The molecule has 0 heterocycles. The van der Waals surface area contributed by atoms with Crippen LogP contribution in [0.15, 0.2) is 29.4 Å². The van der Waals surface area contributed by atoms with E-state index in [9.17, 15) is 4.39 Å². The molecule has 3 nitrogen and oxygen atoms in total. The molecule has 0 atom stereocenters. The van der Waals surface area contributed by atoms with Gasteiger partial charge in [-0.25, -0.2) is 4.39 Å². The van der Waals surface area contributed by atoms with E-state index in [0.29, 0.717) is 6.54 Å². The summed E-state index contributed by atoms with van der Waals surface area (Å²) in [5, 5.41) is 11.7. The van der Waals surface area contributed by atoms with Gasteiger partial charge in [0.2, 0.25) is 0 Å². The second-order valence-electron chi connectivity index (χ2n) is 2.35. The second kappa shape index (κ2) is 4.88. The van der Waals surface area contributed by atoms with Crippen molar-refractivity contribution in [2.75, 3.05) is 0 Å². The number of benzene rings is 1. The summed E-state index contributed by atoms with van der Waals surface area (Å²) in [6.07, 6.45) is 1.08. The van der Waals surface area contributed by atoms with Crippen molar-refractivity contribution >= 4 is 6.21 Å². The lowest BCUT2D eigenvalue weighted by Crippen LogP contribution is -2.04. The molecule has 0 bridgehead atoms. The molecular weight excluding hydrogens is 169 g/mol. The van der Waals surface area contributed by atoms with Crippen LogP contribution >= 0.6 is 0 Å². The Balaban J connectivity index is 2.46. The summed E-state index contributed by atoms with van der Waals surface area (Å²) in [6, 6.07) is 7.93. The minimum Gasteiger partial charge on any atom is -0.305 e. The zero-order valence-electron chi connectivity index (χ0n) is 6.87. The van der Waals surface area contributed by atoms with Crippen molar-refractivity contribution in [2.24, 2.45) is 5.10 Å². The highest BCUT2D eigenvalue weighted by molar-refractivity contribution is 5.74. The van der Waals surface area contributed by atoms with Crippen LogP contribution < -0.4 is 5.43 Å². The standard InChI is InChI=1S/C9H8FN3/c10-9-3-1-2-8(6-9)7-13-12-5-4-11/h1-3,5-6,13H,7H2/b12-5+. The average molecular weight is 177 g/mol. The van der Waals surface area contributed by atoms with Crippen LogP contribution in [0.5, 0.6) is 0 Å². The SMILES string of the molecule is N#C/C=N/NCc1cccc(F)c1. The largest absolute Gasteiger partial charge is 0.305 e. The van der Waals surface area contributed by atoms with Gasteiger partial charge in [0, 0.05) is 0 Å². The lowest BCUT2D eigenvalue weighted by Gasteiger charge is -1.99. The van der Waals surface area contributed by atoms with E-state index in [0.717, 1.165) is 11.8 Å². The quantitative estimate of drug-likeness (QED) is 0.560. The lowest BCUT2D eigenvalue weighted by atomic mass is 10.2. The summed E-state index contributed by atoms with van der Waals surface area (Å²) in [6.45, 7) is 0.413. The highest BCUT2D eigenvalue weighted by atomic mass is 19.1. The summed E-state index contributed by atoms with van der Waals surface area (Å²) in [5.41, 5.74) is 3.40. The number of hydrogen-bond acceptors (Lipinski definition) is 3. The molecule has 0 unspecified atom stereocenters. The van der Waals surface area contributed by atoms with Gasteiger partial charge in [0.1, 0.15) is 18.1 Å². The molecule has 4 heteroatoms. The maximum Gasteiger partial charge on any atom is 0.124 e. The predicted molar refractivity (Wildman–Crippen MR) is 47.3 cm³/mol. The van der Waals surface area contributed by atoms with Gasteiger partial charge in [-0.05, 0) is 17.7 Å². The number of rotatable bonds is 3. The Morgan fingerprint density at radius 3 is 3.15 bits per heavy atom. The molecule has 0 aliphatic heterocycles. The molecule has 1 N–H and O–H groups in total. The third-order valence-electron chi connectivity index (χ3n) is 1.39. The first-order valence-corrected chi connectivity index (χ1v) is 3.71. The van der Waals surface area contributed by atoms with Crippen molar-refractivity contribution in [3.05, 3.63) is 35.6 Å². The van der Waals surface area contributed by atoms with Gasteiger partial charge >= 0.3 is 0 Å². The molecule has 0 fully saturated rings. The number of nitrogens with one attached hydrogen (secondary N) is 1. The monoisotopic (exact) mass is 177 g/mol. The van der Waals surface area contributed by atoms with Crippen molar-refractivity contribution in [3.63, 3.8) is 0 Å². The van der Waals surface area contributed by atoms with Crippen LogP contribution in [0.3, 0.4) is 0 Å². The van der Waals surface area contributed by atoms with Gasteiger partial charge in [-0.1, -0.05) is 12.1 Å². The van der Waals surface area contributed by atoms with Gasteiger partial charge in [-0.15, -0.1) is 0 Å². The Morgan fingerprint density at radius 2 is 2.46 bits per heavy atom. The number of halogens is 1. The zero-order chi connectivity index (χ0) is 9.52. The molecular formula is C9H8FN3. The molecule has 0 radical (unpaired) electrons. The fraction of sp³-hybridized carbons (Fsp3) is 0.111. The van der Waals surface area contributed by atoms with Crippen LogP contribution in [-0.4, -0.2) is 6.21 Å².